The minimum Gasteiger partial charge on any atom is -0.341 e. The van der Waals surface area contributed by atoms with Gasteiger partial charge in [-0.15, -0.1) is 0 Å². The van der Waals surface area contributed by atoms with Crippen LogP contribution in [0.2, 0.25) is 0 Å². The fourth-order valence-electron chi connectivity index (χ4n) is 1.78. The Morgan fingerprint density at radius 3 is 2.74 bits per heavy atom. The molecule has 0 aliphatic rings. The number of benzene rings is 1. The molecule has 0 aliphatic heterocycles. The molecule has 1 aromatic carbocycles. The predicted octanol–water partition coefficient (Wildman–Crippen LogP) is 1.86. The molecule has 0 aromatic heterocycles. The average molecular weight is 262 g/mol. The SMILES string of the molecule is CC(C)CN(C)C(=O)c1cc(F)ccc1C#CCN. The molecule has 0 atom stereocenters. The lowest BCUT2D eigenvalue weighted by Crippen LogP contribution is -2.30. The van der Waals surface area contributed by atoms with E-state index >= 15 is 0 Å². The van der Waals surface area contributed by atoms with Crippen LogP contribution in [0.4, 0.5) is 4.39 Å². The van der Waals surface area contributed by atoms with Gasteiger partial charge in [-0.3, -0.25) is 4.79 Å². The first-order valence-corrected chi connectivity index (χ1v) is 6.19. The highest BCUT2D eigenvalue weighted by molar-refractivity contribution is 5.96. The van der Waals surface area contributed by atoms with Crippen molar-refractivity contribution < 1.29 is 9.18 Å². The van der Waals surface area contributed by atoms with E-state index in [0.29, 0.717) is 18.0 Å². The summed E-state index contributed by atoms with van der Waals surface area (Å²) < 4.78 is 13.3. The van der Waals surface area contributed by atoms with Crippen LogP contribution in [0.25, 0.3) is 0 Å². The molecule has 0 aliphatic carbocycles. The zero-order chi connectivity index (χ0) is 14.4. The number of carbonyl (C=O) groups excluding carboxylic acids is 1. The summed E-state index contributed by atoms with van der Waals surface area (Å²) >= 11 is 0. The highest BCUT2D eigenvalue weighted by atomic mass is 19.1. The molecule has 0 fully saturated rings. The average Bonchev–Trinajstić information content (AvgIpc) is 2.35. The van der Waals surface area contributed by atoms with Crippen molar-refractivity contribution in [1.29, 1.82) is 0 Å². The Morgan fingerprint density at radius 2 is 2.16 bits per heavy atom. The Morgan fingerprint density at radius 1 is 1.47 bits per heavy atom. The second-order valence-corrected chi connectivity index (χ2v) is 4.78. The van der Waals surface area contributed by atoms with Gasteiger partial charge in [0.15, 0.2) is 0 Å². The van der Waals surface area contributed by atoms with Crippen molar-refractivity contribution in [2.45, 2.75) is 13.8 Å². The monoisotopic (exact) mass is 262 g/mol. The molecule has 0 saturated carbocycles. The Kier molecular flexibility index (Phi) is 5.53. The zero-order valence-electron chi connectivity index (χ0n) is 11.5. The minimum atomic E-state index is -0.445. The fourth-order valence-corrected chi connectivity index (χ4v) is 1.78. The number of hydrogen-bond donors (Lipinski definition) is 1. The van der Waals surface area contributed by atoms with Crippen LogP contribution in [0.3, 0.4) is 0 Å². The third kappa shape index (κ3) is 4.38. The molecule has 0 spiro atoms. The first-order valence-electron chi connectivity index (χ1n) is 6.19. The first-order chi connectivity index (χ1) is 8.95. The molecule has 0 radical (unpaired) electrons. The van der Waals surface area contributed by atoms with E-state index in [1.807, 2.05) is 13.8 Å². The van der Waals surface area contributed by atoms with Gasteiger partial charge in [0.2, 0.25) is 0 Å². The molecule has 0 bridgehead atoms. The van der Waals surface area contributed by atoms with Gasteiger partial charge in [0.05, 0.1) is 12.1 Å². The van der Waals surface area contributed by atoms with Crippen molar-refractivity contribution in [3.05, 3.63) is 35.1 Å². The molecule has 1 aromatic rings. The van der Waals surface area contributed by atoms with Gasteiger partial charge >= 0.3 is 0 Å². The number of carbonyl (C=O) groups is 1. The number of amides is 1. The van der Waals surface area contributed by atoms with Gasteiger partial charge in [0, 0.05) is 19.2 Å². The number of nitrogens with two attached hydrogens (primary N) is 1. The van der Waals surface area contributed by atoms with Gasteiger partial charge in [-0.1, -0.05) is 25.7 Å². The lowest BCUT2D eigenvalue weighted by Gasteiger charge is -2.20. The van der Waals surface area contributed by atoms with E-state index in [9.17, 15) is 9.18 Å². The zero-order valence-corrected chi connectivity index (χ0v) is 11.5. The summed E-state index contributed by atoms with van der Waals surface area (Å²) in [7, 11) is 1.70. The van der Waals surface area contributed by atoms with E-state index in [4.69, 9.17) is 5.73 Å². The lowest BCUT2D eigenvalue weighted by atomic mass is 10.1. The Hall–Kier alpha value is -1.86. The summed E-state index contributed by atoms with van der Waals surface area (Å²) in [4.78, 5) is 13.9. The predicted molar refractivity (Wildman–Crippen MR) is 74.1 cm³/mol. The topological polar surface area (TPSA) is 46.3 Å². The molecule has 2 N–H and O–H groups in total. The Balaban J connectivity index is 3.09. The molecule has 0 saturated heterocycles. The van der Waals surface area contributed by atoms with Gasteiger partial charge in [-0.25, -0.2) is 4.39 Å². The van der Waals surface area contributed by atoms with Crippen molar-refractivity contribution in [2.75, 3.05) is 20.1 Å². The highest BCUT2D eigenvalue weighted by Crippen LogP contribution is 2.13. The molecule has 1 amide bonds. The van der Waals surface area contributed by atoms with Crippen molar-refractivity contribution in [3.63, 3.8) is 0 Å². The van der Waals surface area contributed by atoms with Crippen LogP contribution in [-0.4, -0.2) is 30.9 Å². The molecule has 19 heavy (non-hydrogen) atoms. The van der Waals surface area contributed by atoms with Gasteiger partial charge in [-0.05, 0) is 24.1 Å². The van der Waals surface area contributed by atoms with Crippen LogP contribution in [0.1, 0.15) is 29.8 Å². The molecule has 1 rings (SSSR count). The standard InChI is InChI=1S/C15H19FN2O/c1-11(2)10-18(3)15(19)14-9-13(16)7-6-12(14)5-4-8-17/h6-7,9,11H,8,10,17H2,1-3H3. The molecule has 3 nitrogen and oxygen atoms in total. The summed E-state index contributed by atoms with van der Waals surface area (Å²) in [5.41, 5.74) is 6.10. The van der Waals surface area contributed by atoms with E-state index < -0.39 is 5.82 Å². The van der Waals surface area contributed by atoms with E-state index in [-0.39, 0.29) is 18.0 Å². The number of hydrogen-bond acceptors (Lipinski definition) is 2. The van der Waals surface area contributed by atoms with Crippen molar-refractivity contribution in [3.8, 4) is 11.8 Å². The molecular weight excluding hydrogens is 243 g/mol. The highest BCUT2D eigenvalue weighted by Gasteiger charge is 2.16. The summed E-state index contributed by atoms with van der Waals surface area (Å²) in [6.45, 7) is 4.85. The van der Waals surface area contributed by atoms with Crippen molar-refractivity contribution in [1.82, 2.24) is 4.90 Å². The van der Waals surface area contributed by atoms with E-state index in [1.165, 1.54) is 18.2 Å². The number of rotatable bonds is 3. The van der Waals surface area contributed by atoms with Crippen molar-refractivity contribution in [2.24, 2.45) is 11.7 Å². The van der Waals surface area contributed by atoms with Crippen LogP contribution in [0, 0.1) is 23.6 Å². The second-order valence-electron chi connectivity index (χ2n) is 4.78. The molecule has 0 unspecified atom stereocenters. The van der Waals surface area contributed by atoms with Crippen LogP contribution in [-0.2, 0) is 0 Å². The maximum atomic E-state index is 13.3. The van der Waals surface area contributed by atoms with E-state index in [0.717, 1.165) is 0 Å². The van der Waals surface area contributed by atoms with Crippen LogP contribution >= 0.6 is 0 Å². The van der Waals surface area contributed by atoms with Crippen LogP contribution < -0.4 is 5.73 Å². The normalized spacial score (nSPS) is 10.0. The molecule has 4 heteroatoms. The third-order valence-electron chi connectivity index (χ3n) is 2.52. The maximum absolute atomic E-state index is 13.3. The van der Waals surface area contributed by atoms with Gasteiger partial charge < -0.3 is 10.6 Å². The third-order valence-corrected chi connectivity index (χ3v) is 2.52. The summed E-state index contributed by atoms with van der Waals surface area (Å²) in [6, 6.07) is 4.02. The van der Waals surface area contributed by atoms with Gasteiger partial charge in [0.1, 0.15) is 5.82 Å². The fraction of sp³-hybridized carbons (Fsp3) is 0.400. The van der Waals surface area contributed by atoms with Crippen LogP contribution in [0.5, 0.6) is 0 Å². The Bertz CT molecular complexity index is 515. The summed E-state index contributed by atoms with van der Waals surface area (Å²) in [5, 5.41) is 0. The molecule has 102 valence electrons. The number of halogens is 1. The maximum Gasteiger partial charge on any atom is 0.254 e. The van der Waals surface area contributed by atoms with Gasteiger partial charge in [0.25, 0.3) is 5.91 Å². The molecular formula is C15H19FN2O. The van der Waals surface area contributed by atoms with Crippen molar-refractivity contribution >= 4 is 5.91 Å². The lowest BCUT2D eigenvalue weighted by molar-refractivity contribution is 0.0778. The van der Waals surface area contributed by atoms with Crippen LogP contribution in [0.15, 0.2) is 18.2 Å². The summed E-state index contributed by atoms with van der Waals surface area (Å²) in [6.07, 6.45) is 0. The summed E-state index contributed by atoms with van der Waals surface area (Å²) in [5.74, 6) is 5.16. The Labute approximate surface area is 113 Å². The van der Waals surface area contributed by atoms with E-state index in [1.54, 1.807) is 11.9 Å². The first kappa shape index (κ1) is 15.2. The largest absolute Gasteiger partial charge is 0.341 e. The minimum absolute atomic E-state index is 0.201. The second kappa shape index (κ2) is 6.91. The quantitative estimate of drug-likeness (QED) is 0.845. The van der Waals surface area contributed by atoms with E-state index in [2.05, 4.69) is 11.8 Å². The van der Waals surface area contributed by atoms with Gasteiger partial charge in [-0.2, -0.15) is 0 Å². The molecule has 0 heterocycles. The number of nitrogens with zero attached hydrogens (tertiary/aromatic N) is 1. The smallest absolute Gasteiger partial charge is 0.254 e.